The highest BCUT2D eigenvalue weighted by Crippen LogP contribution is 2.18. The molecule has 1 amide bonds. The van der Waals surface area contributed by atoms with Crippen LogP contribution in [0.25, 0.3) is 0 Å². The molecule has 8 nitrogen and oxygen atoms in total. The molecule has 4 rings (SSSR count). The van der Waals surface area contributed by atoms with Crippen molar-refractivity contribution in [2.24, 2.45) is 5.10 Å². The van der Waals surface area contributed by atoms with Crippen LogP contribution in [0.5, 0.6) is 23.0 Å². The van der Waals surface area contributed by atoms with Crippen molar-refractivity contribution < 1.29 is 28.5 Å². The lowest BCUT2D eigenvalue weighted by molar-refractivity contribution is -0.140. The Morgan fingerprint density at radius 1 is 0.730 bits per heavy atom. The van der Waals surface area contributed by atoms with Gasteiger partial charge in [0.05, 0.1) is 18.9 Å². The fourth-order valence-corrected chi connectivity index (χ4v) is 3.15. The number of para-hydroxylation sites is 2. The lowest BCUT2D eigenvalue weighted by atomic mass is 10.2. The maximum Gasteiger partial charge on any atom is 0.343 e. The van der Waals surface area contributed by atoms with Crippen LogP contribution < -0.4 is 24.4 Å². The van der Waals surface area contributed by atoms with Crippen molar-refractivity contribution in [1.82, 2.24) is 5.43 Å². The standard InChI is InChI=1S/C29H24N2O6/c1-34-23-17-15-22(16-18-23)28(33)35-26-14-8-9-21(19-26)20-30-31-27(32)29(36-24-10-4-2-5-11-24)37-25-12-6-3-7-13-25/h2-20,29H,1H3,(H,31,32)/b30-20+. The Morgan fingerprint density at radius 3 is 1.92 bits per heavy atom. The first kappa shape index (κ1) is 25.0. The van der Waals surface area contributed by atoms with E-state index in [2.05, 4.69) is 10.5 Å². The Labute approximate surface area is 214 Å². The molecule has 4 aromatic carbocycles. The van der Waals surface area contributed by atoms with Gasteiger partial charge in [-0.1, -0.05) is 48.5 Å². The molecule has 0 fully saturated rings. The number of nitrogens with one attached hydrogen (secondary N) is 1. The summed E-state index contributed by atoms with van der Waals surface area (Å²) in [7, 11) is 1.55. The summed E-state index contributed by atoms with van der Waals surface area (Å²) in [6.07, 6.45) is 0.142. The zero-order valence-corrected chi connectivity index (χ0v) is 19.9. The van der Waals surface area contributed by atoms with E-state index >= 15 is 0 Å². The van der Waals surface area contributed by atoms with Crippen LogP contribution in [0.1, 0.15) is 15.9 Å². The largest absolute Gasteiger partial charge is 0.497 e. The predicted octanol–water partition coefficient (Wildman–Crippen LogP) is 4.85. The highest BCUT2D eigenvalue weighted by atomic mass is 16.7. The van der Waals surface area contributed by atoms with E-state index in [9.17, 15) is 9.59 Å². The number of ether oxygens (including phenoxy) is 4. The van der Waals surface area contributed by atoms with Gasteiger partial charge in [-0.3, -0.25) is 4.79 Å². The molecule has 0 radical (unpaired) electrons. The van der Waals surface area contributed by atoms with E-state index in [1.165, 1.54) is 6.21 Å². The van der Waals surface area contributed by atoms with Gasteiger partial charge in [0.15, 0.2) is 0 Å². The van der Waals surface area contributed by atoms with Crippen molar-refractivity contribution in [1.29, 1.82) is 0 Å². The second-order valence-corrected chi connectivity index (χ2v) is 7.62. The Hall–Kier alpha value is -5.11. The first-order valence-corrected chi connectivity index (χ1v) is 11.3. The maximum absolute atomic E-state index is 12.8. The molecular formula is C29H24N2O6. The molecule has 186 valence electrons. The third-order valence-electron chi connectivity index (χ3n) is 4.97. The summed E-state index contributed by atoms with van der Waals surface area (Å²) < 4.78 is 22.0. The van der Waals surface area contributed by atoms with E-state index in [0.717, 1.165) is 0 Å². The van der Waals surface area contributed by atoms with E-state index in [0.29, 0.717) is 34.1 Å². The van der Waals surface area contributed by atoms with Gasteiger partial charge in [-0.25, -0.2) is 10.2 Å². The van der Waals surface area contributed by atoms with Gasteiger partial charge in [0.2, 0.25) is 0 Å². The fourth-order valence-electron chi connectivity index (χ4n) is 3.15. The third-order valence-corrected chi connectivity index (χ3v) is 4.97. The number of benzene rings is 4. The van der Waals surface area contributed by atoms with Gasteiger partial charge in [0.1, 0.15) is 23.0 Å². The molecule has 1 N–H and O–H groups in total. The molecule has 0 aliphatic carbocycles. The van der Waals surface area contributed by atoms with Crippen molar-refractivity contribution in [2.45, 2.75) is 6.29 Å². The molecule has 8 heteroatoms. The molecule has 0 aliphatic rings. The minimum absolute atomic E-state index is 0.328. The number of rotatable bonds is 10. The Balaban J connectivity index is 1.39. The molecule has 0 saturated carbocycles. The average molecular weight is 497 g/mol. The number of nitrogens with zero attached hydrogens (tertiary/aromatic N) is 1. The zero-order valence-electron chi connectivity index (χ0n) is 19.9. The third kappa shape index (κ3) is 7.43. The first-order chi connectivity index (χ1) is 18.1. The number of carbonyl (C=O) groups excluding carboxylic acids is 2. The maximum atomic E-state index is 12.8. The summed E-state index contributed by atoms with van der Waals surface area (Å²) in [5, 5.41) is 4.00. The van der Waals surface area contributed by atoms with E-state index in [-0.39, 0.29) is 0 Å². The summed E-state index contributed by atoms with van der Waals surface area (Å²) in [6, 6.07) is 31.0. The minimum Gasteiger partial charge on any atom is -0.497 e. The highest BCUT2D eigenvalue weighted by Gasteiger charge is 2.22. The molecule has 37 heavy (non-hydrogen) atoms. The van der Waals surface area contributed by atoms with Crippen molar-refractivity contribution in [3.05, 3.63) is 120 Å². The van der Waals surface area contributed by atoms with E-state index in [1.54, 1.807) is 104 Å². The van der Waals surface area contributed by atoms with E-state index in [1.807, 2.05) is 12.1 Å². The molecule has 0 unspecified atom stereocenters. The number of esters is 1. The van der Waals surface area contributed by atoms with Crippen molar-refractivity contribution in [3.8, 4) is 23.0 Å². The summed E-state index contributed by atoms with van der Waals surface area (Å²) in [4.78, 5) is 25.2. The SMILES string of the molecule is COc1ccc(C(=O)Oc2cccc(/C=N/NC(=O)C(Oc3ccccc3)Oc3ccccc3)c2)cc1. The molecule has 0 heterocycles. The van der Waals surface area contributed by atoms with Crippen LogP contribution in [0.15, 0.2) is 114 Å². The van der Waals surface area contributed by atoms with Gasteiger partial charge < -0.3 is 18.9 Å². The smallest absolute Gasteiger partial charge is 0.343 e. The normalized spacial score (nSPS) is 10.6. The van der Waals surface area contributed by atoms with Gasteiger partial charge in [0, 0.05) is 0 Å². The van der Waals surface area contributed by atoms with Crippen LogP contribution in [-0.4, -0.2) is 31.5 Å². The molecule has 0 atom stereocenters. The molecule has 0 saturated heterocycles. The second kappa shape index (κ2) is 12.6. The Kier molecular flexibility index (Phi) is 8.48. The number of hydrogen-bond donors (Lipinski definition) is 1. The summed E-state index contributed by atoms with van der Waals surface area (Å²) in [5.41, 5.74) is 3.42. The molecule has 0 aromatic heterocycles. The molecule has 0 spiro atoms. The molecule has 4 aromatic rings. The molecule has 0 bridgehead atoms. The monoisotopic (exact) mass is 496 g/mol. The van der Waals surface area contributed by atoms with Crippen LogP contribution >= 0.6 is 0 Å². The first-order valence-electron chi connectivity index (χ1n) is 11.3. The number of carbonyl (C=O) groups is 2. The van der Waals surface area contributed by atoms with Crippen LogP contribution in [0.3, 0.4) is 0 Å². The summed E-state index contributed by atoms with van der Waals surface area (Å²) in [5.74, 6) is 0.786. The number of hydrogen-bond acceptors (Lipinski definition) is 7. The second-order valence-electron chi connectivity index (χ2n) is 7.62. The van der Waals surface area contributed by atoms with Crippen LogP contribution in [0, 0.1) is 0 Å². The van der Waals surface area contributed by atoms with Gasteiger partial charge >= 0.3 is 18.2 Å². The number of amides is 1. The Bertz CT molecular complexity index is 1300. The number of hydrazone groups is 1. The lowest BCUT2D eigenvalue weighted by Crippen LogP contribution is -2.40. The van der Waals surface area contributed by atoms with Gasteiger partial charge in [-0.15, -0.1) is 0 Å². The summed E-state index contributed by atoms with van der Waals surface area (Å²) in [6.45, 7) is 0. The quantitative estimate of drug-likeness (QED) is 0.111. The Morgan fingerprint density at radius 2 is 1.32 bits per heavy atom. The minimum atomic E-state index is -1.28. The van der Waals surface area contributed by atoms with Gasteiger partial charge in [-0.05, 0) is 66.2 Å². The van der Waals surface area contributed by atoms with Crippen molar-refractivity contribution >= 4 is 18.1 Å². The van der Waals surface area contributed by atoms with Crippen molar-refractivity contribution in [3.63, 3.8) is 0 Å². The molecule has 0 aliphatic heterocycles. The van der Waals surface area contributed by atoms with E-state index in [4.69, 9.17) is 18.9 Å². The van der Waals surface area contributed by atoms with Gasteiger partial charge in [0.25, 0.3) is 0 Å². The van der Waals surface area contributed by atoms with Crippen LogP contribution in [0.4, 0.5) is 0 Å². The van der Waals surface area contributed by atoms with Crippen LogP contribution in [-0.2, 0) is 4.79 Å². The molecular weight excluding hydrogens is 472 g/mol. The zero-order chi connectivity index (χ0) is 25.9. The van der Waals surface area contributed by atoms with Crippen molar-refractivity contribution in [2.75, 3.05) is 7.11 Å². The highest BCUT2D eigenvalue weighted by molar-refractivity contribution is 5.91. The van der Waals surface area contributed by atoms with E-state index < -0.39 is 18.2 Å². The lowest BCUT2D eigenvalue weighted by Gasteiger charge is -2.18. The average Bonchev–Trinajstić information content (AvgIpc) is 2.94. The topological polar surface area (TPSA) is 95.5 Å². The number of methoxy groups -OCH3 is 1. The summed E-state index contributed by atoms with van der Waals surface area (Å²) >= 11 is 0. The fraction of sp³-hybridized carbons (Fsp3) is 0.0690. The van der Waals surface area contributed by atoms with Crippen LogP contribution in [0.2, 0.25) is 0 Å². The van der Waals surface area contributed by atoms with Gasteiger partial charge in [-0.2, -0.15) is 5.10 Å². The predicted molar refractivity (Wildman–Crippen MR) is 138 cm³/mol.